The summed E-state index contributed by atoms with van der Waals surface area (Å²) in [6.45, 7) is 5.16. The minimum Gasteiger partial charge on any atom is -0.0855 e. The third-order valence-electron chi connectivity index (χ3n) is 1.99. The second kappa shape index (κ2) is 4.81. The Bertz CT molecular complexity index is 209. The molecule has 0 unspecified atom stereocenters. The molecule has 0 heterocycles. The molecule has 0 aromatic heterocycles. The van der Waals surface area contributed by atoms with Crippen molar-refractivity contribution in [2.75, 3.05) is 0 Å². The van der Waals surface area contributed by atoms with Crippen molar-refractivity contribution in [3.63, 3.8) is 0 Å². The standard InChI is InChI=1S/C11H15B/c1-12(2)11-9-7-5-3-4-6-8-10-11/h3-11H,1-2H3/b5-3-,6-4-,9-7-,10-8-. The Balaban J connectivity index is 2.74. The fourth-order valence-electron chi connectivity index (χ4n) is 1.15. The predicted octanol–water partition coefficient (Wildman–Crippen LogP) is 3.35. The average Bonchev–Trinajstić information content (AvgIpc) is 2.15. The van der Waals surface area contributed by atoms with Crippen LogP contribution in [-0.2, 0) is 0 Å². The van der Waals surface area contributed by atoms with Crippen molar-refractivity contribution in [2.24, 2.45) is 0 Å². The van der Waals surface area contributed by atoms with Crippen LogP contribution in [0.25, 0.3) is 0 Å². The topological polar surface area (TPSA) is 0 Å². The molecule has 1 rings (SSSR count). The van der Waals surface area contributed by atoms with Gasteiger partial charge in [0.15, 0.2) is 0 Å². The predicted molar refractivity (Wildman–Crippen MR) is 57.8 cm³/mol. The van der Waals surface area contributed by atoms with Crippen LogP contribution in [0.3, 0.4) is 0 Å². The third kappa shape index (κ3) is 2.95. The Labute approximate surface area is 75.4 Å². The molecule has 0 aromatic carbocycles. The minimum absolute atomic E-state index is 0.567. The molecule has 0 saturated carbocycles. The van der Waals surface area contributed by atoms with Gasteiger partial charge in [0.25, 0.3) is 0 Å². The van der Waals surface area contributed by atoms with Gasteiger partial charge in [0.1, 0.15) is 6.71 Å². The van der Waals surface area contributed by atoms with Crippen molar-refractivity contribution >= 4 is 6.71 Å². The average molecular weight is 158 g/mol. The number of hydrogen-bond acceptors (Lipinski definition) is 0. The van der Waals surface area contributed by atoms with Crippen molar-refractivity contribution in [2.45, 2.75) is 19.5 Å². The van der Waals surface area contributed by atoms with Gasteiger partial charge in [-0.15, -0.1) is 0 Å². The van der Waals surface area contributed by atoms with E-state index in [0.29, 0.717) is 12.5 Å². The Morgan fingerprint density at radius 2 is 1.17 bits per heavy atom. The van der Waals surface area contributed by atoms with E-state index in [2.05, 4.69) is 50.1 Å². The lowest BCUT2D eigenvalue weighted by molar-refractivity contribution is 1.31. The molecule has 0 fully saturated rings. The molecule has 0 atom stereocenters. The van der Waals surface area contributed by atoms with E-state index < -0.39 is 0 Å². The van der Waals surface area contributed by atoms with Crippen LogP contribution >= 0.6 is 0 Å². The monoisotopic (exact) mass is 158 g/mol. The van der Waals surface area contributed by atoms with E-state index in [0.717, 1.165) is 0 Å². The largest absolute Gasteiger partial charge is 0.145 e. The molecule has 1 heteroatoms. The van der Waals surface area contributed by atoms with E-state index in [1.54, 1.807) is 0 Å². The molecule has 0 spiro atoms. The summed E-state index contributed by atoms with van der Waals surface area (Å²) in [6.07, 6.45) is 16.9. The molecule has 0 bridgehead atoms. The first kappa shape index (κ1) is 9.12. The van der Waals surface area contributed by atoms with Crippen LogP contribution in [0.1, 0.15) is 0 Å². The highest BCUT2D eigenvalue weighted by Gasteiger charge is 2.07. The molecule has 0 radical (unpaired) electrons. The van der Waals surface area contributed by atoms with Crippen LogP contribution in [0.15, 0.2) is 48.6 Å². The van der Waals surface area contributed by atoms with E-state index in [9.17, 15) is 0 Å². The third-order valence-corrected chi connectivity index (χ3v) is 1.99. The first-order valence-corrected chi connectivity index (χ1v) is 4.49. The summed E-state index contributed by atoms with van der Waals surface area (Å²) < 4.78 is 0. The smallest absolute Gasteiger partial charge is 0.0855 e. The van der Waals surface area contributed by atoms with Gasteiger partial charge in [-0.1, -0.05) is 62.3 Å². The highest BCUT2D eigenvalue weighted by atomic mass is 13.9. The van der Waals surface area contributed by atoms with Gasteiger partial charge in [0, 0.05) is 0 Å². The normalized spacial score (nSPS) is 27.8. The SMILES string of the molecule is CB(C)C1\C=C/C=C\C=C/C=C\1. The van der Waals surface area contributed by atoms with Gasteiger partial charge in [-0.05, 0) is 5.82 Å². The number of allylic oxidation sites excluding steroid dienone is 8. The lowest BCUT2D eigenvalue weighted by Gasteiger charge is -2.07. The molecule has 0 saturated heterocycles. The zero-order valence-electron chi connectivity index (χ0n) is 7.77. The van der Waals surface area contributed by atoms with E-state index in [1.165, 1.54) is 0 Å². The van der Waals surface area contributed by atoms with Gasteiger partial charge >= 0.3 is 0 Å². The van der Waals surface area contributed by atoms with Crippen LogP contribution < -0.4 is 0 Å². The van der Waals surface area contributed by atoms with Crippen molar-refractivity contribution in [3.05, 3.63) is 48.6 Å². The molecule has 0 aromatic rings. The fourth-order valence-corrected chi connectivity index (χ4v) is 1.15. The summed E-state index contributed by atoms with van der Waals surface area (Å²) in [6, 6.07) is 0. The summed E-state index contributed by atoms with van der Waals surface area (Å²) in [5.74, 6) is 0.567. The van der Waals surface area contributed by atoms with Crippen molar-refractivity contribution in [1.29, 1.82) is 0 Å². The molecule has 1 aliphatic rings. The van der Waals surface area contributed by atoms with E-state index >= 15 is 0 Å². The summed E-state index contributed by atoms with van der Waals surface area (Å²) >= 11 is 0. The van der Waals surface area contributed by atoms with Crippen molar-refractivity contribution in [3.8, 4) is 0 Å². The first-order valence-electron chi connectivity index (χ1n) is 4.49. The molecule has 62 valence electrons. The van der Waals surface area contributed by atoms with Crippen molar-refractivity contribution < 1.29 is 0 Å². The maximum absolute atomic E-state index is 2.24. The minimum atomic E-state index is 0.567. The Morgan fingerprint density at radius 1 is 0.750 bits per heavy atom. The quantitative estimate of drug-likeness (QED) is 0.513. The molecule has 0 amide bonds. The Kier molecular flexibility index (Phi) is 3.66. The highest BCUT2D eigenvalue weighted by molar-refractivity contribution is 6.58. The van der Waals surface area contributed by atoms with Crippen LogP contribution in [0, 0.1) is 0 Å². The molecular weight excluding hydrogens is 143 g/mol. The maximum Gasteiger partial charge on any atom is 0.145 e. The van der Waals surface area contributed by atoms with Gasteiger partial charge < -0.3 is 0 Å². The lowest BCUT2D eigenvalue weighted by atomic mass is 9.45. The zero-order valence-corrected chi connectivity index (χ0v) is 7.77. The number of rotatable bonds is 1. The van der Waals surface area contributed by atoms with E-state index in [-0.39, 0.29) is 0 Å². The highest BCUT2D eigenvalue weighted by Crippen LogP contribution is 2.15. The van der Waals surface area contributed by atoms with E-state index in [4.69, 9.17) is 0 Å². The molecule has 0 aliphatic heterocycles. The molecule has 12 heavy (non-hydrogen) atoms. The van der Waals surface area contributed by atoms with Crippen molar-refractivity contribution in [1.82, 2.24) is 0 Å². The van der Waals surface area contributed by atoms with Crippen LogP contribution in [0.2, 0.25) is 19.5 Å². The summed E-state index contributed by atoms with van der Waals surface area (Å²) in [7, 11) is 0. The molecular formula is C11H15B. The van der Waals surface area contributed by atoms with Crippen LogP contribution in [-0.4, -0.2) is 6.71 Å². The fraction of sp³-hybridized carbons (Fsp3) is 0.273. The van der Waals surface area contributed by atoms with Gasteiger partial charge in [0.05, 0.1) is 0 Å². The van der Waals surface area contributed by atoms with Gasteiger partial charge in [-0.3, -0.25) is 0 Å². The lowest BCUT2D eigenvalue weighted by Crippen LogP contribution is -2.06. The summed E-state index contributed by atoms with van der Waals surface area (Å²) in [5.41, 5.74) is 0. The van der Waals surface area contributed by atoms with Gasteiger partial charge in [-0.2, -0.15) is 0 Å². The molecule has 1 aliphatic carbocycles. The number of hydrogen-bond donors (Lipinski definition) is 0. The zero-order chi connectivity index (χ0) is 8.81. The first-order chi connectivity index (χ1) is 5.80. The van der Waals surface area contributed by atoms with Gasteiger partial charge in [0.2, 0.25) is 0 Å². The Hall–Kier alpha value is -0.975. The second-order valence-corrected chi connectivity index (χ2v) is 3.36. The summed E-state index contributed by atoms with van der Waals surface area (Å²) in [4.78, 5) is 0. The molecule has 0 N–H and O–H groups in total. The maximum atomic E-state index is 2.24. The van der Waals surface area contributed by atoms with Gasteiger partial charge in [-0.25, -0.2) is 0 Å². The van der Waals surface area contributed by atoms with Crippen LogP contribution in [0.5, 0.6) is 0 Å². The van der Waals surface area contributed by atoms with E-state index in [1.807, 2.05) is 12.2 Å². The van der Waals surface area contributed by atoms with Crippen LogP contribution in [0.4, 0.5) is 0 Å². The molecule has 0 nitrogen and oxygen atoms in total. The second-order valence-electron chi connectivity index (χ2n) is 3.36. The summed E-state index contributed by atoms with van der Waals surface area (Å²) in [5, 5.41) is 0. The Morgan fingerprint density at radius 3 is 1.58 bits per heavy atom.